The van der Waals surface area contributed by atoms with Gasteiger partial charge in [-0.2, -0.15) is 0 Å². The molecular formula is C21H24FN3O. The van der Waals surface area contributed by atoms with Crippen molar-refractivity contribution in [1.29, 1.82) is 0 Å². The van der Waals surface area contributed by atoms with Crippen LogP contribution in [-0.4, -0.2) is 37.1 Å². The molecule has 2 N–H and O–H groups in total. The van der Waals surface area contributed by atoms with E-state index < -0.39 is 0 Å². The number of nitrogens with zero attached hydrogens (tertiary/aromatic N) is 1. The molecule has 0 aliphatic carbocycles. The fourth-order valence-electron chi connectivity index (χ4n) is 4.01. The lowest BCUT2D eigenvalue weighted by molar-refractivity contribution is 0.178. The standard InChI is InChI=1S/C21H24FN3O/c22-18-7-5-17(6-8-18)20-19-4-2-1-3-16(19)10-12-25(20)21(26)24-14-15-9-11-23-13-15/h1-8,15,20,23H,9-14H2,(H,24,26)/t15-,20+/m0/s1. The number of carbonyl (C=O) groups excluding carboxylic acids is 1. The summed E-state index contributed by atoms with van der Waals surface area (Å²) >= 11 is 0. The first-order valence-electron chi connectivity index (χ1n) is 9.31. The molecule has 1 saturated heterocycles. The van der Waals surface area contributed by atoms with Crippen molar-refractivity contribution in [3.05, 3.63) is 71.0 Å². The Hall–Kier alpha value is -2.40. The topological polar surface area (TPSA) is 44.4 Å². The molecule has 2 heterocycles. The zero-order valence-corrected chi connectivity index (χ0v) is 14.7. The summed E-state index contributed by atoms with van der Waals surface area (Å²) < 4.78 is 13.4. The smallest absolute Gasteiger partial charge is 0.318 e. The minimum absolute atomic E-state index is 0.0410. The molecule has 0 radical (unpaired) electrons. The normalized spacial score (nSPS) is 22.1. The van der Waals surface area contributed by atoms with Crippen LogP contribution in [0.25, 0.3) is 0 Å². The van der Waals surface area contributed by atoms with Gasteiger partial charge >= 0.3 is 6.03 Å². The van der Waals surface area contributed by atoms with E-state index in [1.165, 1.54) is 17.7 Å². The molecule has 0 saturated carbocycles. The van der Waals surface area contributed by atoms with E-state index in [0.29, 0.717) is 19.0 Å². The van der Waals surface area contributed by atoms with Crippen molar-refractivity contribution < 1.29 is 9.18 Å². The van der Waals surface area contributed by atoms with E-state index in [1.54, 1.807) is 12.1 Å². The lowest BCUT2D eigenvalue weighted by atomic mass is 9.88. The van der Waals surface area contributed by atoms with E-state index in [0.717, 1.165) is 37.1 Å². The van der Waals surface area contributed by atoms with Crippen LogP contribution in [0.3, 0.4) is 0 Å². The Morgan fingerprint density at radius 1 is 1.19 bits per heavy atom. The van der Waals surface area contributed by atoms with Gasteiger partial charge in [0, 0.05) is 13.1 Å². The number of hydrogen-bond acceptors (Lipinski definition) is 2. The molecule has 0 bridgehead atoms. The second-order valence-corrected chi connectivity index (χ2v) is 7.14. The Balaban J connectivity index is 1.59. The number of amides is 2. The summed E-state index contributed by atoms with van der Waals surface area (Å²) in [5.41, 5.74) is 3.32. The lowest BCUT2D eigenvalue weighted by Gasteiger charge is -2.38. The molecule has 0 spiro atoms. The zero-order chi connectivity index (χ0) is 17.9. The molecule has 2 atom stereocenters. The molecule has 2 aliphatic heterocycles. The first-order valence-corrected chi connectivity index (χ1v) is 9.31. The summed E-state index contributed by atoms with van der Waals surface area (Å²) in [7, 11) is 0. The molecule has 1 fully saturated rings. The molecule has 2 aliphatic rings. The number of benzene rings is 2. The van der Waals surface area contributed by atoms with Gasteiger partial charge in [-0.1, -0.05) is 36.4 Å². The van der Waals surface area contributed by atoms with Crippen LogP contribution >= 0.6 is 0 Å². The van der Waals surface area contributed by atoms with Crippen LogP contribution in [0.15, 0.2) is 48.5 Å². The molecule has 136 valence electrons. The van der Waals surface area contributed by atoms with Gasteiger partial charge < -0.3 is 15.5 Å². The summed E-state index contributed by atoms with van der Waals surface area (Å²) in [6, 6.07) is 14.5. The van der Waals surface area contributed by atoms with Crippen molar-refractivity contribution in [3.63, 3.8) is 0 Å². The van der Waals surface area contributed by atoms with E-state index in [4.69, 9.17) is 0 Å². The summed E-state index contributed by atoms with van der Waals surface area (Å²) in [5, 5.41) is 6.44. The van der Waals surface area contributed by atoms with Gasteiger partial charge in [0.25, 0.3) is 0 Å². The third-order valence-corrected chi connectivity index (χ3v) is 5.43. The van der Waals surface area contributed by atoms with Crippen molar-refractivity contribution in [2.24, 2.45) is 5.92 Å². The molecule has 2 aromatic rings. The van der Waals surface area contributed by atoms with Crippen LogP contribution in [-0.2, 0) is 6.42 Å². The van der Waals surface area contributed by atoms with Gasteiger partial charge in [-0.3, -0.25) is 0 Å². The SMILES string of the molecule is O=C(NC[C@H]1CCNC1)N1CCc2ccccc2[C@H]1c1ccc(F)cc1. The van der Waals surface area contributed by atoms with Crippen LogP contribution in [0, 0.1) is 11.7 Å². The average Bonchev–Trinajstić information content (AvgIpc) is 3.19. The van der Waals surface area contributed by atoms with Crippen LogP contribution < -0.4 is 10.6 Å². The maximum atomic E-state index is 13.4. The van der Waals surface area contributed by atoms with E-state index in [2.05, 4.69) is 22.8 Å². The molecule has 0 unspecified atom stereocenters. The molecule has 2 amide bonds. The highest BCUT2D eigenvalue weighted by Gasteiger charge is 2.32. The summed E-state index contributed by atoms with van der Waals surface area (Å²) in [5.74, 6) is 0.239. The van der Waals surface area contributed by atoms with Gasteiger partial charge in [0.15, 0.2) is 0 Å². The second kappa shape index (κ2) is 7.46. The highest BCUT2D eigenvalue weighted by atomic mass is 19.1. The van der Waals surface area contributed by atoms with Gasteiger partial charge in [0.1, 0.15) is 5.82 Å². The third kappa shape index (κ3) is 3.44. The van der Waals surface area contributed by atoms with E-state index in [1.807, 2.05) is 17.0 Å². The summed E-state index contributed by atoms with van der Waals surface area (Å²) in [4.78, 5) is 14.8. The van der Waals surface area contributed by atoms with E-state index in [9.17, 15) is 9.18 Å². The number of carbonyl (C=O) groups is 1. The summed E-state index contributed by atoms with van der Waals surface area (Å²) in [6.45, 7) is 3.34. The van der Waals surface area contributed by atoms with Crippen LogP contribution in [0.5, 0.6) is 0 Å². The second-order valence-electron chi connectivity index (χ2n) is 7.14. The Morgan fingerprint density at radius 3 is 2.77 bits per heavy atom. The van der Waals surface area contributed by atoms with Gasteiger partial charge in [0.2, 0.25) is 0 Å². The quantitative estimate of drug-likeness (QED) is 0.891. The lowest BCUT2D eigenvalue weighted by Crippen LogP contribution is -2.47. The number of halogens is 1. The number of nitrogens with one attached hydrogen (secondary N) is 2. The largest absolute Gasteiger partial charge is 0.338 e. The molecule has 4 rings (SSSR count). The van der Waals surface area contributed by atoms with Crippen molar-refractivity contribution >= 4 is 6.03 Å². The Labute approximate surface area is 153 Å². The van der Waals surface area contributed by atoms with Crippen molar-refractivity contribution in [1.82, 2.24) is 15.5 Å². The van der Waals surface area contributed by atoms with E-state index in [-0.39, 0.29) is 17.9 Å². The van der Waals surface area contributed by atoms with Gasteiger partial charge in [0.05, 0.1) is 6.04 Å². The highest BCUT2D eigenvalue weighted by Crippen LogP contribution is 2.35. The number of rotatable bonds is 3. The summed E-state index contributed by atoms with van der Waals surface area (Å²) in [6.07, 6.45) is 1.94. The van der Waals surface area contributed by atoms with E-state index >= 15 is 0 Å². The molecule has 5 heteroatoms. The molecular weight excluding hydrogens is 329 g/mol. The van der Waals surface area contributed by atoms with Gasteiger partial charge in [-0.15, -0.1) is 0 Å². The molecule has 4 nitrogen and oxygen atoms in total. The third-order valence-electron chi connectivity index (χ3n) is 5.43. The fourth-order valence-corrected chi connectivity index (χ4v) is 4.01. The maximum absolute atomic E-state index is 13.4. The first kappa shape index (κ1) is 17.0. The van der Waals surface area contributed by atoms with Crippen LogP contribution in [0.4, 0.5) is 9.18 Å². The predicted octanol–water partition coefficient (Wildman–Crippen LogP) is 3.09. The minimum Gasteiger partial charge on any atom is -0.338 e. The van der Waals surface area contributed by atoms with Crippen molar-refractivity contribution in [2.75, 3.05) is 26.2 Å². The molecule has 0 aromatic heterocycles. The number of hydrogen-bond donors (Lipinski definition) is 2. The van der Waals surface area contributed by atoms with Gasteiger partial charge in [-0.05, 0) is 60.7 Å². The molecule has 2 aromatic carbocycles. The monoisotopic (exact) mass is 353 g/mol. The Bertz CT molecular complexity index is 771. The minimum atomic E-state index is -0.262. The predicted molar refractivity (Wildman–Crippen MR) is 99.5 cm³/mol. The average molecular weight is 353 g/mol. The van der Waals surface area contributed by atoms with Crippen LogP contribution in [0.1, 0.15) is 29.2 Å². The van der Waals surface area contributed by atoms with Crippen molar-refractivity contribution in [3.8, 4) is 0 Å². The zero-order valence-electron chi connectivity index (χ0n) is 14.7. The van der Waals surface area contributed by atoms with Crippen molar-refractivity contribution in [2.45, 2.75) is 18.9 Å². The fraction of sp³-hybridized carbons (Fsp3) is 0.381. The highest BCUT2D eigenvalue weighted by molar-refractivity contribution is 5.76. The first-order chi connectivity index (χ1) is 12.7. The number of fused-ring (bicyclic) bond motifs is 1. The molecule has 26 heavy (non-hydrogen) atoms. The Kier molecular flexibility index (Phi) is 4.89. The van der Waals surface area contributed by atoms with Crippen LogP contribution in [0.2, 0.25) is 0 Å². The van der Waals surface area contributed by atoms with Gasteiger partial charge in [-0.25, -0.2) is 9.18 Å². The number of urea groups is 1. The Morgan fingerprint density at radius 2 is 2.00 bits per heavy atom. The maximum Gasteiger partial charge on any atom is 0.318 e.